The normalized spacial score (nSPS) is 10.6. The van der Waals surface area contributed by atoms with Crippen LogP contribution in [0.4, 0.5) is 0 Å². The Balaban J connectivity index is 2.11. The second-order valence-electron chi connectivity index (χ2n) is 4.28. The van der Waals surface area contributed by atoms with Gasteiger partial charge in [0.2, 0.25) is 0 Å². The number of para-hydroxylation sites is 1. The van der Waals surface area contributed by atoms with Crippen LogP contribution in [0.1, 0.15) is 0 Å². The lowest BCUT2D eigenvalue weighted by molar-refractivity contribution is 0.373. The number of methoxy groups -OCH3 is 1. The second kappa shape index (κ2) is 4.61. The largest absolute Gasteiger partial charge is 0.504 e. The molecule has 0 aliphatic carbocycles. The van der Waals surface area contributed by atoms with Gasteiger partial charge in [0, 0.05) is 10.9 Å². The van der Waals surface area contributed by atoms with Crippen molar-refractivity contribution in [3.05, 3.63) is 54.6 Å². The number of benzene rings is 2. The number of hydrogen-bond acceptors (Lipinski definition) is 3. The Morgan fingerprint density at radius 2 is 1.84 bits per heavy atom. The van der Waals surface area contributed by atoms with E-state index >= 15 is 0 Å². The highest BCUT2D eigenvalue weighted by Crippen LogP contribution is 2.31. The molecule has 3 rings (SSSR count). The van der Waals surface area contributed by atoms with Crippen molar-refractivity contribution in [1.29, 1.82) is 0 Å². The summed E-state index contributed by atoms with van der Waals surface area (Å²) in [6.07, 6.45) is 0. The van der Waals surface area contributed by atoms with Crippen LogP contribution in [0.2, 0.25) is 0 Å². The average Bonchev–Trinajstić information content (AvgIpc) is 2.46. The van der Waals surface area contributed by atoms with Crippen LogP contribution in [-0.2, 0) is 0 Å². The Morgan fingerprint density at radius 1 is 1.00 bits per heavy atom. The highest BCUT2D eigenvalue weighted by molar-refractivity contribution is 5.81. The van der Waals surface area contributed by atoms with Crippen molar-refractivity contribution in [3.8, 4) is 22.8 Å². The first-order chi connectivity index (χ1) is 9.28. The van der Waals surface area contributed by atoms with E-state index < -0.39 is 0 Å². The zero-order valence-electron chi connectivity index (χ0n) is 10.5. The van der Waals surface area contributed by atoms with E-state index in [0.29, 0.717) is 5.75 Å². The zero-order valence-corrected chi connectivity index (χ0v) is 10.5. The molecule has 0 radical (unpaired) electrons. The third-order valence-electron chi connectivity index (χ3n) is 3.07. The molecular formula is C16H13NO2. The van der Waals surface area contributed by atoms with Crippen molar-refractivity contribution >= 4 is 10.9 Å². The van der Waals surface area contributed by atoms with Crippen LogP contribution in [0, 0.1) is 0 Å². The lowest BCUT2D eigenvalue weighted by atomic mass is 10.1. The average molecular weight is 251 g/mol. The summed E-state index contributed by atoms with van der Waals surface area (Å²) >= 11 is 0. The van der Waals surface area contributed by atoms with Gasteiger partial charge in [0.1, 0.15) is 0 Å². The number of phenolic OH excluding ortho intramolecular Hbond substituents is 1. The van der Waals surface area contributed by atoms with Gasteiger partial charge in [-0.2, -0.15) is 0 Å². The molecule has 2 aromatic carbocycles. The summed E-state index contributed by atoms with van der Waals surface area (Å²) in [6.45, 7) is 0. The molecule has 0 saturated carbocycles. The first kappa shape index (κ1) is 11.5. The Bertz CT molecular complexity index is 738. The van der Waals surface area contributed by atoms with Gasteiger partial charge in [-0.1, -0.05) is 24.3 Å². The van der Waals surface area contributed by atoms with Crippen LogP contribution in [0.5, 0.6) is 11.5 Å². The number of phenols is 1. The molecular weight excluding hydrogens is 238 g/mol. The minimum Gasteiger partial charge on any atom is -0.504 e. The fourth-order valence-corrected chi connectivity index (χ4v) is 2.08. The van der Waals surface area contributed by atoms with Crippen molar-refractivity contribution in [1.82, 2.24) is 4.98 Å². The van der Waals surface area contributed by atoms with Crippen LogP contribution in [0.3, 0.4) is 0 Å². The molecule has 3 heteroatoms. The number of nitrogens with zero attached hydrogens (tertiary/aromatic N) is 1. The zero-order chi connectivity index (χ0) is 13.2. The van der Waals surface area contributed by atoms with Crippen molar-refractivity contribution in [2.75, 3.05) is 7.11 Å². The van der Waals surface area contributed by atoms with Crippen molar-refractivity contribution in [2.24, 2.45) is 0 Å². The van der Waals surface area contributed by atoms with Crippen LogP contribution < -0.4 is 4.74 Å². The lowest BCUT2D eigenvalue weighted by Gasteiger charge is -2.06. The highest BCUT2D eigenvalue weighted by atomic mass is 16.5. The molecule has 0 spiro atoms. The van der Waals surface area contributed by atoms with Gasteiger partial charge in [0.05, 0.1) is 18.3 Å². The summed E-state index contributed by atoms with van der Waals surface area (Å²) in [7, 11) is 1.53. The highest BCUT2D eigenvalue weighted by Gasteiger charge is 2.06. The Morgan fingerprint density at radius 3 is 2.63 bits per heavy atom. The van der Waals surface area contributed by atoms with E-state index in [0.717, 1.165) is 22.2 Å². The van der Waals surface area contributed by atoms with Gasteiger partial charge in [0.15, 0.2) is 11.5 Å². The van der Waals surface area contributed by atoms with E-state index in [1.54, 1.807) is 12.1 Å². The maximum Gasteiger partial charge on any atom is 0.160 e. The molecule has 94 valence electrons. The molecule has 0 unspecified atom stereocenters. The number of hydrogen-bond donors (Lipinski definition) is 1. The summed E-state index contributed by atoms with van der Waals surface area (Å²) in [6, 6.07) is 17.2. The van der Waals surface area contributed by atoms with Gasteiger partial charge >= 0.3 is 0 Å². The quantitative estimate of drug-likeness (QED) is 0.756. The molecule has 0 atom stereocenters. The topological polar surface area (TPSA) is 42.4 Å². The summed E-state index contributed by atoms with van der Waals surface area (Å²) in [4.78, 5) is 4.59. The van der Waals surface area contributed by atoms with E-state index in [-0.39, 0.29) is 5.75 Å². The predicted octanol–water partition coefficient (Wildman–Crippen LogP) is 3.62. The molecule has 1 N–H and O–H groups in total. The minimum absolute atomic E-state index is 0.120. The Hall–Kier alpha value is -2.55. The number of aromatic hydroxyl groups is 1. The van der Waals surface area contributed by atoms with Gasteiger partial charge in [-0.3, -0.25) is 0 Å². The van der Waals surface area contributed by atoms with Crippen LogP contribution in [-0.4, -0.2) is 17.2 Å². The van der Waals surface area contributed by atoms with E-state index in [4.69, 9.17) is 4.74 Å². The molecule has 19 heavy (non-hydrogen) atoms. The molecule has 0 aliphatic heterocycles. The van der Waals surface area contributed by atoms with Crippen molar-refractivity contribution in [3.63, 3.8) is 0 Å². The van der Waals surface area contributed by atoms with Crippen molar-refractivity contribution < 1.29 is 9.84 Å². The number of rotatable bonds is 2. The monoisotopic (exact) mass is 251 g/mol. The number of pyridine rings is 1. The van der Waals surface area contributed by atoms with E-state index in [1.165, 1.54) is 7.11 Å². The van der Waals surface area contributed by atoms with Crippen molar-refractivity contribution in [2.45, 2.75) is 0 Å². The third-order valence-corrected chi connectivity index (χ3v) is 3.07. The number of aromatic nitrogens is 1. The van der Waals surface area contributed by atoms with Crippen LogP contribution in [0.15, 0.2) is 54.6 Å². The van der Waals surface area contributed by atoms with Crippen LogP contribution >= 0.6 is 0 Å². The molecule has 1 heterocycles. The summed E-state index contributed by atoms with van der Waals surface area (Å²) in [5.41, 5.74) is 2.64. The first-order valence-corrected chi connectivity index (χ1v) is 6.01. The Labute approximate surface area is 111 Å². The number of fused-ring (bicyclic) bond motifs is 1. The molecule has 3 nitrogen and oxygen atoms in total. The van der Waals surface area contributed by atoms with Gasteiger partial charge in [-0.05, 0) is 30.3 Å². The molecule has 0 aliphatic rings. The smallest absolute Gasteiger partial charge is 0.160 e. The maximum absolute atomic E-state index is 9.81. The number of ether oxygens (including phenoxy) is 1. The summed E-state index contributed by atoms with van der Waals surface area (Å²) in [5.74, 6) is 0.583. The molecule has 0 saturated heterocycles. The standard InChI is InChI=1S/C16H13NO2/c1-19-16-9-7-12(10-15(16)18)14-8-6-11-4-2-3-5-13(11)17-14/h2-10,18H,1H3. The molecule has 0 fully saturated rings. The molecule has 1 aromatic heterocycles. The minimum atomic E-state index is 0.120. The summed E-state index contributed by atoms with van der Waals surface area (Å²) < 4.78 is 5.04. The second-order valence-corrected chi connectivity index (χ2v) is 4.28. The molecule has 3 aromatic rings. The fraction of sp³-hybridized carbons (Fsp3) is 0.0625. The van der Waals surface area contributed by atoms with Gasteiger partial charge < -0.3 is 9.84 Å². The van der Waals surface area contributed by atoms with Gasteiger partial charge in [-0.25, -0.2) is 4.98 Å². The summed E-state index contributed by atoms with van der Waals surface area (Å²) in [5, 5.41) is 10.9. The van der Waals surface area contributed by atoms with Crippen LogP contribution in [0.25, 0.3) is 22.2 Å². The van der Waals surface area contributed by atoms with Gasteiger partial charge in [0.25, 0.3) is 0 Å². The predicted molar refractivity (Wildman–Crippen MR) is 75.4 cm³/mol. The molecule has 0 amide bonds. The Kier molecular flexibility index (Phi) is 2.80. The van der Waals surface area contributed by atoms with Gasteiger partial charge in [-0.15, -0.1) is 0 Å². The molecule has 0 bridgehead atoms. The SMILES string of the molecule is COc1ccc(-c2ccc3ccccc3n2)cc1O. The fourth-order valence-electron chi connectivity index (χ4n) is 2.08. The first-order valence-electron chi connectivity index (χ1n) is 6.01. The third kappa shape index (κ3) is 2.10. The van der Waals surface area contributed by atoms with E-state index in [9.17, 15) is 5.11 Å². The maximum atomic E-state index is 9.81. The van der Waals surface area contributed by atoms with E-state index in [1.807, 2.05) is 42.5 Å². The van der Waals surface area contributed by atoms with E-state index in [2.05, 4.69) is 4.98 Å². The lowest BCUT2D eigenvalue weighted by Crippen LogP contribution is -1.87.